The fourth-order valence-electron chi connectivity index (χ4n) is 2.69. The summed E-state index contributed by atoms with van der Waals surface area (Å²) in [7, 11) is 0. The smallest absolute Gasteiger partial charge is 0.266 e. The van der Waals surface area contributed by atoms with E-state index in [0.717, 1.165) is 5.56 Å². The molecule has 0 aliphatic carbocycles. The van der Waals surface area contributed by atoms with Gasteiger partial charge < -0.3 is 14.8 Å². The van der Waals surface area contributed by atoms with Crippen LogP contribution in [0.25, 0.3) is 11.3 Å². The summed E-state index contributed by atoms with van der Waals surface area (Å²) in [5.74, 6) is 0.906. The highest BCUT2D eigenvalue weighted by atomic mass is 16.7. The Labute approximate surface area is 154 Å². The van der Waals surface area contributed by atoms with Crippen molar-refractivity contribution in [1.82, 2.24) is 20.1 Å². The van der Waals surface area contributed by atoms with Crippen LogP contribution in [0.15, 0.2) is 59.7 Å². The fourth-order valence-corrected chi connectivity index (χ4v) is 2.69. The van der Waals surface area contributed by atoms with Crippen LogP contribution >= 0.6 is 0 Å². The van der Waals surface area contributed by atoms with Gasteiger partial charge in [-0.2, -0.15) is 5.10 Å². The Balaban J connectivity index is 1.41. The Bertz CT molecular complexity index is 1030. The number of amides is 1. The van der Waals surface area contributed by atoms with Gasteiger partial charge in [0.1, 0.15) is 0 Å². The predicted molar refractivity (Wildman–Crippen MR) is 96.6 cm³/mol. The molecule has 1 aromatic carbocycles. The van der Waals surface area contributed by atoms with Crippen LogP contribution in [0, 0.1) is 0 Å². The Morgan fingerprint density at radius 3 is 2.89 bits per heavy atom. The van der Waals surface area contributed by atoms with Gasteiger partial charge in [-0.3, -0.25) is 14.6 Å². The third kappa shape index (κ3) is 3.64. The maximum Gasteiger partial charge on any atom is 0.266 e. The number of nitrogens with zero attached hydrogens (tertiary/aromatic N) is 3. The number of carbonyl (C=O) groups excluding carboxylic acids is 1. The molecule has 0 radical (unpaired) electrons. The lowest BCUT2D eigenvalue weighted by Gasteiger charge is -2.09. The zero-order valence-electron chi connectivity index (χ0n) is 14.3. The van der Waals surface area contributed by atoms with Crippen LogP contribution in [0.1, 0.15) is 10.4 Å². The van der Waals surface area contributed by atoms with Crippen LogP contribution in [0.5, 0.6) is 11.5 Å². The summed E-state index contributed by atoms with van der Waals surface area (Å²) in [5, 5.41) is 7.11. The molecule has 0 saturated heterocycles. The molecule has 27 heavy (non-hydrogen) atoms. The molecule has 0 saturated carbocycles. The number of carbonyl (C=O) groups is 1. The molecule has 136 valence electrons. The third-order valence-electron chi connectivity index (χ3n) is 4.07. The summed E-state index contributed by atoms with van der Waals surface area (Å²) in [4.78, 5) is 28.4. The number of pyridine rings is 1. The summed E-state index contributed by atoms with van der Waals surface area (Å²) in [6.07, 6.45) is 3.35. The second kappa shape index (κ2) is 7.28. The minimum absolute atomic E-state index is 0.155. The zero-order chi connectivity index (χ0) is 18.6. The quantitative estimate of drug-likeness (QED) is 0.737. The standard InChI is InChI=1S/C19H16N4O4/c24-18-6-4-15(14-2-1-7-20-11-14)22-23(18)9-8-21-19(25)13-3-5-16-17(10-13)27-12-26-16/h1-7,10-11H,8-9,12H2,(H,21,25). The average molecular weight is 364 g/mol. The van der Waals surface area contributed by atoms with Gasteiger partial charge in [-0.05, 0) is 36.4 Å². The molecule has 3 aromatic rings. The molecule has 0 fully saturated rings. The van der Waals surface area contributed by atoms with Gasteiger partial charge in [0.25, 0.3) is 11.5 Å². The van der Waals surface area contributed by atoms with Crippen LogP contribution in [-0.2, 0) is 6.54 Å². The zero-order valence-corrected chi connectivity index (χ0v) is 14.3. The van der Waals surface area contributed by atoms with Gasteiger partial charge in [0.05, 0.1) is 12.2 Å². The first-order chi connectivity index (χ1) is 13.2. The van der Waals surface area contributed by atoms with Crippen molar-refractivity contribution in [2.24, 2.45) is 0 Å². The Hall–Kier alpha value is -3.68. The van der Waals surface area contributed by atoms with Crippen molar-refractivity contribution in [3.05, 3.63) is 70.8 Å². The van der Waals surface area contributed by atoms with Gasteiger partial charge in [0.2, 0.25) is 6.79 Å². The van der Waals surface area contributed by atoms with Crippen LogP contribution in [0.4, 0.5) is 0 Å². The van der Waals surface area contributed by atoms with Crippen molar-refractivity contribution in [3.8, 4) is 22.8 Å². The molecule has 3 heterocycles. The number of ether oxygens (including phenoxy) is 2. The van der Waals surface area contributed by atoms with Crippen molar-refractivity contribution in [1.29, 1.82) is 0 Å². The largest absolute Gasteiger partial charge is 0.454 e. The highest BCUT2D eigenvalue weighted by molar-refractivity contribution is 5.94. The normalized spacial score (nSPS) is 12.0. The molecule has 1 aliphatic heterocycles. The highest BCUT2D eigenvalue weighted by Gasteiger charge is 2.16. The van der Waals surface area contributed by atoms with Crippen molar-refractivity contribution < 1.29 is 14.3 Å². The SMILES string of the molecule is O=C(NCCn1nc(-c2cccnc2)ccc1=O)c1ccc2c(c1)OCO2. The van der Waals surface area contributed by atoms with Crippen LogP contribution < -0.4 is 20.3 Å². The lowest BCUT2D eigenvalue weighted by molar-refractivity contribution is 0.0951. The van der Waals surface area contributed by atoms with Crippen LogP contribution in [0.2, 0.25) is 0 Å². The monoisotopic (exact) mass is 364 g/mol. The number of fused-ring (bicyclic) bond motifs is 1. The number of aromatic nitrogens is 3. The Kier molecular flexibility index (Phi) is 4.52. The van der Waals surface area contributed by atoms with Crippen LogP contribution in [0.3, 0.4) is 0 Å². The van der Waals surface area contributed by atoms with E-state index in [1.54, 1.807) is 42.7 Å². The van der Waals surface area contributed by atoms with E-state index in [9.17, 15) is 9.59 Å². The number of rotatable bonds is 5. The minimum atomic E-state index is -0.259. The number of hydrogen-bond acceptors (Lipinski definition) is 6. The Morgan fingerprint density at radius 1 is 1.15 bits per heavy atom. The molecule has 0 spiro atoms. The van der Waals surface area contributed by atoms with E-state index in [4.69, 9.17) is 9.47 Å². The van der Waals surface area contributed by atoms with Gasteiger partial charge in [0.15, 0.2) is 11.5 Å². The van der Waals surface area contributed by atoms with E-state index in [1.165, 1.54) is 10.7 Å². The van der Waals surface area contributed by atoms with E-state index in [-0.39, 0.29) is 31.3 Å². The second-order valence-corrected chi connectivity index (χ2v) is 5.85. The topological polar surface area (TPSA) is 95.3 Å². The van der Waals surface area contributed by atoms with E-state index in [0.29, 0.717) is 22.8 Å². The molecule has 8 nitrogen and oxygen atoms in total. The molecular weight excluding hydrogens is 348 g/mol. The maximum atomic E-state index is 12.3. The molecule has 1 amide bonds. The van der Waals surface area contributed by atoms with Gasteiger partial charge in [-0.25, -0.2) is 4.68 Å². The fraction of sp³-hybridized carbons (Fsp3) is 0.158. The van der Waals surface area contributed by atoms with Gasteiger partial charge in [-0.15, -0.1) is 0 Å². The molecule has 4 rings (SSSR count). The minimum Gasteiger partial charge on any atom is -0.454 e. The Morgan fingerprint density at radius 2 is 2.04 bits per heavy atom. The third-order valence-corrected chi connectivity index (χ3v) is 4.07. The molecule has 0 atom stereocenters. The van der Waals surface area contributed by atoms with Gasteiger partial charge in [0, 0.05) is 36.1 Å². The molecular formula is C19H16N4O4. The van der Waals surface area contributed by atoms with E-state index < -0.39 is 0 Å². The van der Waals surface area contributed by atoms with Crippen molar-refractivity contribution in [2.75, 3.05) is 13.3 Å². The summed E-state index contributed by atoms with van der Waals surface area (Å²) in [6.45, 7) is 0.669. The predicted octanol–water partition coefficient (Wildman–Crippen LogP) is 1.46. The van der Waals surface area contributed by atoms with Gasteiger partial charge >= 0.3 is 0 Å². The maximum absolute atomic E-state index is 12.3. The first-order valence-corrected chi connectivity index (χ1v) is 8.37. The molecule has 8 heteroatoms. The average Bonchev–Trinajstić information content (AvgIpc) is 3.18. The van der Waals surface area contributed by atoms with Crippen molar-refractivity contribution in [3.63, 3.8) is 0 Å². The summed E-state index contributed by atoms with van der Waals surface area (Å²) >= 11 is 0. The number of nitrogens with one attached hydrogen (secondary N) is 1. The van der Waals surface area contributed by atoms with E-state index in [2.05, 4.69) is 15.4 Å². The van der Waals surface area contributed by atoms with E-state index >= 15 is 0 Å². The summed E-state index contributed by atoms with van der Waals surface area (Å²) < 4.78 is 11.8. The van der Waals surface area contributed by atoms with Crippen molar-refractivity contribution >= 4 is 5.91 Å². The lowest BCUT2D eigenvalue weighted by Crippen LogP contribution is -2.31. The summed E-state index contributed by atoms with van der Waals surface area (Å²) in [5.41, 5.74) is 1.68. The first-order valence-electron chi connectivity index (χ1n) is 8.37. The highest BCUT2D eigenvalue weighted by Crippen LogP contribution is 2.32. The number of benzene rings is 1. The van der Waals surface area contributed by atoms with Gasteiger partial charge in [-0.1, -0.05) is 0 Å². The van der Waals surface area contributed by atoms with E-state index in [1.807, 2.05) is 6.07 Å². The summed E-state index contributed by atoms with van der Waals surface area (Å²) in [6, 6.07) is 11.8. The van der Waals surface area contributed by atoms with Crippen molar-refractivity contribution in [2.45, 2.75) is 6.54 Å². The second-order valence-electron chi connectivity index (χ2n) is 5.85. The lowest BCUT2D eigenvalue weighted by atomic mass is 10.2. The first kappa shape index (κ1) is 16.8. The molecule has 2 aromatic heterocycles. The molecule has 0 unspecified atom stereocenters. The number of hydrogen-bond donors (Lipinski definition) is 1. The molecule has 0 bridgehead atoms. The molecule has 1 N–H and O–H groups in total. The van der Waals surface area contributed by atoms with Crippen LogP contribution in [-0.4, -0.2) is 34.0 Å². The molecule has 1 aliphatic rings.